The normalized spacial score (nSPS) is 11.2. The molecule has 0 saturated carbocycles. The van der Waals surface area contributed by atoms with Gasteiger partial charge in [-0.2, -0.15) is 0 Å². The summed E-state index contributed by atoms with van der Waals surface area (Å²) in [5, 5.41) is 1.14. The first-order chi connectivity index (χ1) is 10.3. The van der Waals surface area contributed by atoms with Crippen LogP contribution in [0.4, 0.5) is 5.82 Å². The largest absolute Gasteiger partial charge is 0.382 e. The van der Waals surface area contributed by atoms with E-state index in [-0.39, 0.29) is 5.82 Å². The molecule has 4 rings (SSSR count). The van der Waals surface area contributed by atoms with E-state index in [1.165, 1.54) is 0 Å². The molecule has 21 heavy (non-hydrogen) atoms. The number of hydrogen-bond donors (Lipinski definition) is 2. The van der Waals surface area contributed by atoms with Crippen LogP contribution in [0, 0.1) is 0 Å². The SMILES string of the molecule is Nc1nc2ccc(-c3c[nH]c4ccccc34)cn2c1C=O. The predicted octanol–water partition coefficient (Wildman–Crippen LogP) is 2.88. The maximum Gasteiger partial charge on any atom is 0.170 e. The number of carbonyl (C=O) groups excluding carboxylic acids is 1. The Morgan fingerprint density at radius 1 is 1.19 bits per heavy atom. The number of nitrogens with two attached hydrogens (primary N) is 1. The molecule has 5 heteroatoms. The average molecular weight is 276 g/mol. The van der Waals surface area contributed by atoms with E-state index in [9.17, 15) is 4.79 Å². The van der Waals surface area contributed by atoms with Crippen molar-refractivity contribution < 1.29 is 4.79 Å². The zero-order chi connectivity index (χ0) is 14.4. The van der Waals surface area contributed by atoms with E-state index in [1.807, 2.05) is 42.7 Å². The summed E-state index contributed by atoms with van der Waals surface area (Å²) in [7, 11) is 0. The summed E-state index contributed by atoms with van der Waals surface area (Å²) in [6.45, 7) is 0. The van der Waals surface area contributed by atoms with E-state index >= 15 is 0 Å². The summed E-state index contributed by atoms with van der Waals surface area (Å²) < 4.78 is 1.72. The first kappa shape index (κ1) is 11.7. The van der Waals surface area contributed by atoms with Gasteiger partial charge in [-0.15, -0.1) is 0 Å². The number of pyridine rings is 1. The van der Waals surface area contributed by atoms with Crippen molar-refractivity contribution in [2.24, 2.45) is 0 Å². The lowest BCUT2D eigenvalue weighted by Crippen LogP contribution is -1.95. The Morgan fingerprint density at radius 2 is 2.05 bits per heavy atom. The zero-order valence-corrected chi connectivity index (χ0v) is 11.1. The third kappa shape index (κ3) is 1.64. The van der Waals surface area contributed by atoms with Crippen LogP contribution in [-0.2, 0) is 0 Å². The highest BCUT2D eigenvalue weighted by Crippen LogP contribution is 2.29. The van der Waals surface area contributed by atoms with Crippen molar-refractivity contribution in [2.75, 3.05) is 5.73 Å². The number of aromatic nitrogens is 3. The van der Waals surface area contributed by atoms with Crippen LogP contribution in [-0.4, -0.2) is 20.7 Å². The van der Waals surface area contributed by atoms with Crippen LogP contribution in [0.5, 0.6) is 0 Å². The molecule has 102 valence electrons. The van der Waals surface area contributed by atoms with Crippen LogP contribution in [0.25, 0.3) is 27.7 Å². The molecule has 0 atom stereocenters. The molecule has 0 aliphatic heterocycles. The summed E-state index contributed by atoms with van der Waals surface area (Å²) in [5.74, 6) is 0.251. The number of aldehydes is 1. The van der Waals surface area contributed by atoms with Gasteiger partial charge in [0.2, 0.25) is 0 Å². The first-order valence-corrected chi connectivity index (χ1v) is 6.57. The number of aromatic amines is 1. The molecule has 0 amide bonds. The number of nitrogens with one attached hydrogen (secondary N) is 1. The molecule has 0 bridgehead atoms. The number of imidazole rings is 1. The fourth-order valence-electron chi connectivity index (χ4n) is 2.67. The fraction of sp³-hybridized carbons (Fsp3) is 0. The molecule has 0 radical (unpaired) electrons. The van der Waals surface area contributed by atoms with Gasteiger partial charge in [-0.1, -0.05) is 18.2 Å². The highest BCUT2D eigenvalue weighted by atomic mass is 16.1. The fourth-order valence-corrected chi connectivity index (χ4v) is 2.67. The minimum atomic E-state index is 0.251. The van der Waals surface area contributed by atoms with E-state index in [1.54, 1.807) is 4.40 Å². The number of hydrogen-bond acceptors (Lipinski definition) is 3. The number of rotatable bonds is 2. The number of nitrogens with zero attached hydrogens (tertiary/aromatic N) is 2. The van der Waals surface area contributed by atoms with Gasteiger partial charge in [-0.05, 0) is 18.2 Å². The highest BCUT2D eigenvalue weighted by molar-refractivity contribution is 5.95. The summed E-state index contributed by atoms with van der Waals surface area (Å²) in [5.41, 5.74) is 9.96. The van der Waals surface area contributed by atoms with Crippen molar-refractivity contribution in [3.63, 3.8) is 0 Å². The van der Waals surface area contributed by atoms with Gasteiger partial charge < -0.3 is 10.7 Å². The number of benzene rings is 1. The number of carbonyl (C=O) groups is 1. The van der Waals surface area contributed by atoms with Crippen LogP contribution in [0.15, 0.2) is 48.8 Å². The quantitative estimate of drug-likeness (QED) is 0.553. The highest BCUT2D eigenvalue weighted by Gasteiger charge is 2.11. The van der Waals surface area contributed by atoms with E-state index in [0.717, 1.165) is 28.3 Å². The van der Waals surface area contributed by atoms with E-state index in [0.29, 0.717) is 11.3 Å². The zero-order valence-electron chi connectivity index (χ0n) is 11.1. The average Bonchev–Trinajstić information content (AvgIpc) is 3.06. The molecular weight excluding hydrogens is 264 g/mol. The van der Waals surface area contributed by atoms with Gasteiger partial charge in [0.1, 0.15) is 11.3 Å². The Morgan fingerprint density at radius 3 is 2.90 bits per heavy atom. The third-order valence-corrected chi connectivity index (χ3v) is 3.70. The van der Waals surface area contributed by atoms with Gasteiger partial charge in [-0.25, -0.2) is 4.98 Å². The van der Waals surface area contributed by atoms with Crippen molar-refractivity contribution in [2.45, 2.75) is 0 Å². The second-order valence-corrected chi connectivity index (χ2v) is 4.89. The standard InChI is InChI=1S/C16H12N4O/c17-16-14(9-21)20-8-10(5-6-15(20)19-16)12-7-18-13-4-2-1-3-11(12)13/h1-9,18H,17H2. The van der Waals surface area contributed by atoms with Gasteiger partial charge in [0.25, 0.3) is 0 Å². The molecule has 3 N–H and O–H groups in total. The smallest absolute Gasteiger partial charge is 0.170 e. The third-order valence-electron chi connectivity index (χ3n) is 3.70. The Kier molecular flexibility index (Phi) is 2.35. The molecule has 3 heterocycles. The molecule has 5 nitrogen and oxygen atoms in total. The van der Waals surface area contributed by atoms with Crippen LogP contribution >= 0.6 is 0 Å². The van der Waals surface area contributed by atoms with Crippen molar-refractivity contribution in [1.29, 1.82) is 0 Å². The lowest BCUT2D eigenvalue weighted by Gasteiger charge is -2.02. The molecule has 0 saturated heterocycles. The molecular formula is C16H12N4O. The second kappa shape index (κ2) is 4.21. The number of nitrogen functional groups attached to an aromatic ring is 1. The second-order valence-electron chi connectivity index (χ2n) is 4.89. The van der Waals surface area contributed by atoms with Gasteiger partial charge in [-0.3, -0.25) is 9.20 Å². The Balaban J connectivity index is 2.00. The van der Waals surface area contributed by atoms with Gasteiger partial charge >= 0.3 is 0 Å². The molecule has 0 unspecified atom stereocenters. The van der Waals surface area contributed by atoms with Crippen LogP contribution < -0.4 is 5.73 Å². The molecule has 0 aliphatic rings. The Bertz CT molecular complexity index is 980. The van der Waals surface area contributed by atoms with E-state index in [4.69, 9.17) is 5.73 Å². The minimum Gasteiger partial charge on any atom is -0.382 e. The van der Waals surface area contributed by atoms with Crippen LogP contribution in [0.1, 0.15) is 10.5 Å². The lowest BCUT2D eigenvalue weighted by molar-refractivity contribution is 0.111. The van der Waals surface area contributed by atoms with Crippen molar-refractivity contribution >= 4 is 28.7 Å². The minimum absolute atomic E-state index is 0.251. The maximum absolute atomic E-state index is 11.2. The van der Waals surface area contributed by atoms with Gasteiger partial charge in [0.05, 0.1) is 0 Å². The van der Waals surface area contributed by atoms with Crippen molar-refractivity contribution in [1.82, 2.24) is 14.4 Å². The predicted molar refractivity (Wildman–Crippen MR) is 82.3 cm³/mol. The molecule has 0 fully saturated rings. The molecule has 0 aliphatic carbocycles. The number of H-pyrrole nitrogens is 1. The number of fused-ring (bicyclic) bond motifs is 2. The van der Waals surface area contributed by atoms with E-state index < -0.39 is 0 Å². The summed E-state index contributed by atoms with van der Waals surface area (Å²) in [4.78, 5) is 18.6. The monoisotopic (exact) mass is 276 g/mol. The Labute approximate surface area is 120 Å². The molecule has 0 spiro atoms. The van der Waals surface area contributed by atoms with E-state index in [2.05, 4.69) is 16.0 Å². The molecule has 3 aromatic heterocycles. The summed E-state index contributed by atoms with van der Waals surface area (Å²) in [6, 6.07) is 11.9. The summed E-state index contributed by atoms with van der Waals surface area (Å²) >= 11 is 0. The molecule has 4 aromatic rings. The van der Waals surface area contributed by atoms with Gasteiger partial charge in [0.15, 0.2) is 12.1 Å². The Hall–Kier alpha value is -3.08. The number of anilines is 1. The van der Waals surface area contributed by atoms with Crippen molar-refractivity contribution in [3.8, 4) is 11.1 Å². The lowest BCUT2D eigenvalue weighted by atomic mass is 10.1. The van der Waals surface area contributed by atoms with Crippen LogP contribution in [0.3, 0.4) is 0 Å². The van der Waals surface area contributed by atoms with Crippen LogP contribution in [0.2, 0.25) is 0 Å². The number of para-hydroxylation sites is 1. The molecule has 1 aromatic carbocycles. The topological polar surface area (TPSA) is 76.2 Å². The first-order valence-electron chi connectivity index (χ1n) is 6.57. The van der Waals surface area contributed by atoms with Gasteiger partial charge in [0, 0.05) is 34.4 Å². The summed E-state index contributed by atoms with van der Waals surface area (Å²) in [6.07, 6.45) is 4.58. The maximum atomic E-state index is 11.2. The van der Waals surface area contributed by atoms with Crippen molar-refractivity contribution in [3.05, 3.63) is 54.5 Å².